The minimum atomic E-state index is -0.835. The van der Waals surface area contributed by atoms with Crippen LogP contribution in [0.3, 0.4) is 0 Å². The van der Waals surface area contributed by atoms with Crippen molar-refractivity contribution in [2.45, 2.75) is 57.3 Å². The van der Waals surface area contributed by atoms with E-state index in [0.717, 1.165) is 29.4 Å². The number of aliphatic hydroxyl groups is 1. The molecule has 1 heterocycles. The topological polar surface area (TPSA) is 47.3 Å². The molecule has 18 heavy (non-hydrogen) atoms. The molecule has 0 radical (unpaired) electrons. The highest BCUT2D eigenvalue weighted by Gasteiger charge is 2.40. The number of halogens is 1. The van der Waals surface area contributed by atoms with Crippen LogP contribution in [0.4, 0.5) is 0 Å². The Bertz CT molecular complexity index is 419. The molecule has 0 saturated heterocycles. The number of nitrogens with zero attached hydrogens (tertiary/aromatic N) is 2. The minimum absolute atomic E-state index is 0.131. The van der Waals surface area contributed by atoms with Gasteiger partial charge in [0.1, 0.15) is 5.60 Å². The van der Waals surface area contributed by atoms with Crippen molar-refractivity contribution in [3.8, 4) is 0 Å². The van der Waals surface area contributed by atoms with Gasteiger partial charge in [0.2, 0.25) is 0 Å². The van der Waals surface area contributed by atoms with Gasteiger partial charge in [0.15, 0.2) is 0 Å². The second-order valence-electron chi connectivity index (χ2n) is 5.37. The largest absolute Gasteiger partial charge is 0.383 e. The van der Waals surface area contributed by atoms with Crippen molar-refractivity contribution >= 4 is 15.9 Å². The molecule has 2 atom stereocenters. The van der Waals surface area contributed by atoms with Gasteiger partial charge in [-0.15, -0.1) is 0 Å². The summed E-state index contributed by atoms with van der Waals surface area (Å²) in [7, 11) is 1.71. The molecule has 102 valence electrons. The highest BCUT2D eigenvalue weighted by molar-refractivity contribution is 9.10. The molecule has 0 amide bonds. The number of aromatic nitrogens is 2. The molecule has 4 nitrogen and oxygen atoms in total. The van der Waals surface area contributed by atoms with Crippen LogP contribution >= 0.6 is 15.9 Å². The molecule has 0 bridgehead atoms. The van der Waals surface area contributed by atoms with Crippen molar-refractivity contribution in [2.24, 2.45) is 0 Å². The first-order chi connectivity index (χ1) is 8.48. The predicted octanol–water partition coefficient (Wildman–Crippen LogP) is 3.00. The first-order valence-electron chi connectivity index (χ1n) is 6.46. The van der Waals surface area contributed by atoms with Gasteiger partial charge in [-0.2, -0.15) is 5.10 Å². The standard InChI is InChI=1S/C13H21BrN2O2/c1-9(2)16-12(11(14)8-15-16)13(17)6-4-5-10(7-13)18-3/h8-10,17H,4-7H2,1-3H3. The molecule has 1 aliphatic carbocycles. The summed E-state index contributed by atoms with van der Waals surface area (Å²) in [4.78, 5) is 0. The molecule has 0 aromatic carbocycles. The van der Waals surface area contributed by atoms with Gasteiger partial charge in [-0.25, -0.2) is 0 Å². The van der Waals surface area contributed by atoms with Crippen molar-refractivity contribution in [3.63, 3.8) is 0 Å². The van der Waals surface area contributed by atoms with Crippen LogP contribution in [-0.4, -0.2) is 28.1 Å². The summed E-state index contributed by atoms with van der Waals surface area (Å²) in [6, 6.07) is 0.234. The van der Waals surface area contributed by atoms with Crippen LogP contribution in [0, 0.1) is 0 Å². The Morgan fingerprint density at radius 1 is 1.61 bits per heavy atom. The van der Waals surface area contributed by atoms with E-state index in [1.165, 1.54) is 0 Å². The normalized spacial score (nSPS) is 28.9. The van der Waals surface area contributed by atoms with Crippen LogP contribution in [0.25, 0.3) is 0 Å². The molecule has 5 heteroatoms. The smallest absolute Gasteiger partial charge is 0.110 e. The molecule has 0 spiro atoms. The second-order valence-corrected chi connectivity index (χ2v) is 6.22. The third-order valence-corrected chi connectivity index (χ3v) is 4.28. The van der Waals surface area contributed by atoms with Gasteiger partial charge in [-0.3, -0.25) is 4.68 Å². The van der Waals surface area contributed by atoms with E-state index in [1.54, 1.807) is 13.3 Å². The molecule has 1 saturated carbocycles. The molecule has 1 N–H and O–H groups in total. The summed E-state index contributed by atoms with van der Waals surface area (Å²) in [6.45, 7) is 4.14. The van der Waals surface area contributed by atoms with Crippen molar-refractivity contribution in [1.29, 1.82) is 0 Å². The van der Waals surface area contributed by atoms with Crippen LogP contribution < -0.4 is 0 Å². The van der Waals surface area contributed by atoms with Gasteiger partial charge in [-0.1, -0.05) is 0 Å². The third kappa shape index (κ3) is 2.49. The van der Waals surface area contributed by atoms with Gasteiger partial charge in [-0.05, 0) is 49.0 Å². The van der Waals surface area contributed by atoms with Gasteiger partial charge >= 0.3 is 0 Å². The Hall–Kier alpha value is -0.390. The number of ether oxygens (including phenoxy) is 1. The zero-order valence-electron chi connectivity index (χ0n) is 11.2. The number of hydrogen-bond acceptors (Lipinski definition) is 3. The van der Waals surface area contributed by atoms with Crippen LogP contribution in [0.5, 0.6) is 0 Å². The van der Waals surface area contributed by atoms with E-state index in [0.29, 0.717) is 6.42 Å². The zero-order valence-corrected chi connectivity index (χ0v) is 12.8. The molecule has 2 rings (SSSR count). The van der Waals surface area contributed by atoms with Crippen molar-refractivity contribution < 1.29 is 9.84 Å². The monoisotopic (exact) mass is 316 g/mol. The Labute approximate surface area is 116 Å². The lowest BCUT2D eigenvalue weighted by molar-refractivity contribution is -0.0691. The molecule has 1 aromatic heterocycles. The van der Waals surface area contributed by atoms with Crippen molar-refractivity contribution in [2.75, 3.05) is 7.11 Å². The molecule has 1 fully saturated rings. The number of hydrogen-bond donors (Lipinski definition) is 1. The number of methoxy groups -OCH3 is 1. The van der Waals surface area contributed by atoms with E-state index in [4.69, 9.17) is 4.74 Å². The van der Waals surface area contributed by atoms with E-state index in [2.05, 4.69) is 34.9 Å². The van der Waals surface area contributed by atoms with Crippen molar-refractivity contribution in [1.82, 2.24) is 9.78 Å². The van der Waals surface area contributed by atoms with Crippen LogP contribution in [0.2, 0.25) is 0 Å². The minimum Gasteiger partial charge on any atom is -0.383 e. The van der Waals surface area contributed by atoms with Gasteiger partial charge in [0.25, 0.3) is 0 Å². The molecule has 1 aromatic rings. The Balaban J connectivity index is 2.37. The lowest BCUT2D eigenvalue weighted by Gasteiger charge is -2.37. The quantitative estimate of drug-likeness (QED) is 0.932. The van der Waals surface area contributed by atoms with Crippen molar-refractivity contribution in [3.05, 3.63) is 16.4 Å². The average Bonchev–Trinajstić information content (AvgIpc) is 2.72. The van der Waals surface area contributed by atoms with Crippen LogP contribution in [0.1, 0.15) is 51.3 Å². The molecular formula is C13H21BrN2O2. The fourth-order valence-electron chi connectivity index (χ4n) is 2.79. The fourth-order valence-corrected chi connectivity index (χ4v) is 3.43. The van der Waals surface area contributed by atoms with Crippen LogP contribution in [-0.2, 0) is 10.3 Å². The summed E-state index contributed by atoms with van der Waals surface area (Å²) < 4.78 is 8.21. The third-order valence-electron chi connectivity index (χ3n) is 3.70. The van der Waals surface area contributed by atoms with E-state index < -0.39 is 5.60 Å². The van der Waals surface area contributed by atoms with Gasteiger partial charge in [0.05, 0.1) is 22.5 Å². The van der Waals surface area contributed by atoms with E-state index in [-0.39, 0.29) is 12.1 Å². The van der Waals surface area contributed by atoms with Gasteiger partial charge < -0.3 is 9.84 Å². The summed E-state index contributed by atoms with van der Waals surface area (Å²) in [6.07, 6.45) is 5.30. The maximum absolute atomic E-state index is 11.0. The lowest BCUT2D eigenvalue weighted by Crippen LogP contribution is -2.38. The summed E-state index contributed by atoms with van der Waals surface area (Å²) in [5.74, 6) is 0. The predicted molar refractivity (Wildman–Crippen MR) is 73.5 cm³/mol. The maximum Gasteiger partial charge on any atom is 0.110 e. The highest BCUT2D eigenvalue weighted by atomic mass is 79.9. The lowest BCUT2D eigenvalue weighted by atomic mass is 9.80. The highest BCUT2D eigenvalue weighted by Crippen LogP contribution is 2.41. The zero-order chi connectivity index (χ0) is 13.3. The summed E-state index contributed by atoms with van der Waals surface area (Å²) in [5, 5.41) is 15.3. The Morgan fingerprint density at radius 3 is 2.94 bits per heavy atom. The van der Waals surface area contributed by atoms with E-state index in [9.17, 15) is 5.11 Å². The Morgan fingerprint density at radius 2 is 2.33 bits per heavy atom. The summed E-state index contributed by atoms with van der Waals surface area (Å²) in [5.41, 5.74) is 0.0534. The first kappa shape index (κ1) is 14.0. The second kappa shape index (κ2) is 5.31. The SMILES string of the molecule is COC1CCCC(O)(c2c(Br)cnn2C(C)C)C1. The molecule has 1 aliphatic rings. The maximum atomic E-state index is 11.0. The summed E-state index contributed by atoms with van der Waals surface area (Å²) >= 11 is 3.51. The number of rotatable bonds is 3. The fraction of sp³-hybridized carbons (Fsp3) is 0.769. The van der Waals surface area contributed by atoms with E-state index >= 15 is 0 Å². The first-order valence-corrected chi connectivity index (χ1v) is 7.26. The molecule has 2 unspecified atom stereocenters. The molecular weight excluding hydrogens is 296 g/mol. The average molecular weight is 317 g/mol. The molecule has 0 aliphatic heterocycles. The van der Waals surface area contributed by atoms with Crippen LogP contribution in [0.15, 0.2) is 10.7 Å². The van der Waals surface area contributed by atoms with E-state index in [1.807, 2.05) is 4.68 Å². The van der Waals surface area contributed by atoms with Gasteiger partial charge in [0, 0.05) is 19.6 Å². The Kier molecular flexibility index (Phi) is 4.14.